The van der Waals surface area contributed by atoms with E-state index in [1.54, 1.807) is 27.7 Å². The fourth-order valence-electron chi connectivity index (χ4n) is 27.7. The zero-order valence-electron chi connectivity index (χ0n) is 73.7. The van der Waals surface area contributed by atoms with Gasteiger partial charge in [0.15, 0.2) is 11.6 Å². The van der Waals surface area contributed by atoms with Crippen molar-refractivity contribution in [1.29, 1.82) is 0 Å². The van der Waals surface area contributed by atoms with E-state index in [1.807, 2.05) is 36.4 Å². The van der Waals surface area contributed by atoms with Crippen LogP contribution in [0.2, 0.25) is 10.0 Å². The van der Waals surface area contributed by atoms with Gasteiger partial charge in [-0.2, -0.15) is 0 Å². The molecule has 0 radical (unpaired) electrons. The van der Waals surface area contributed by atoms with Crippen LogP contribution < -0.4 is 0 Å². The lowest BCUT2D eigenvalue weighted by Crippen LogP contribution is -2.66. The molecule has 2 aromatic carbocycles. The Bertz CT molecular complexity index is 4060. The van der Waals surface area contributed by atoms with Gasteiger partial charge in [-0.15, -0.1) is 0 Å². The molecule has 2 aromatic rings. The van der Waals surface area contributed by atoms with E-state index in [0.717, 1.165) is 145 Å². The Labute approximate surface area is 693 Å². The first-order valence-corrected chi connectivity index (χ1v) is 44.5. The van der Waals surface area contributed by atoms with Crippen molar-refractivity contribution in [3.8, 4) is 0 Å². The van der Waals surface area contributed by atoms with E-state index in [2.05, 4.69) is 145 Å². The maximum atomic E-state index is 14.6. The number of carboxylic acid groups (broad SMARTS) is 2. The van der Waals surface area contributed by atoms with Crippen LogP contribution in [-0.4, -0.2) is 143 Å². The number of halogens is 2. The Hall–Kier alpha value is -4.97. The molecule has 0 aliphatic heterocycles. The minimum atomic E-state index is -1.18. The molecule has 0 aromatic heterocycles. The van der Waals surface area contributed by atoms with Gasteiger partial charge < -0.3 is 34.4 Å². The second-order valence-corrected chi connectivity index (χ2v) is 43.7. The number of likely N-dealkylation sites (N-methyl/N-ethyl adjacent to an activating group) is 2. The minimum absolute atomic E-state index is 0.000408. The third-order valence-corrected chi connectivity index (χ3v) is 34.5. The van der Waals surface area contributed by atoms with Gasteiger partial charge in [-0.05, 0) is 283 Å². The van der Waals surface area contributed by atoms with Crippen molar-refractivity contribution in [1.82, 2.24) is 14.7 Å². The highest BCUT2D eigenvalue weighted by Gasteiger charge is 2.74. The first kappa shape index (κ1) is 89.8. The average molecular weight is 1620 g/mol. The number of benzene rings is 2. The fraction of sp³-hybridized carbons (Fsp3) is 0.760. The number of carbonyl (C=O) groups is 7. The standard InChI is InChI=1S/C50H75ClN2O7.C46H68ClNO6/c1-31(2)42-36(55)27-50(40(59-32(3)54)30-53(25-24-52(11)12)29-33-14-13-15-34(51)26-33)23-22-48(9)35(43(42)50)16-17-38-47(8)20-19-39(60-41(56)28-45(4,5)44(57)58)46(6,7)37(47)18-21-49(38,48)10;1-11-48(26-29-13-12-14-30(47)23-29)27-35(50)46-22-21-44(9)31(39(46)38(28(2)3)32(49)24-46)15-16-34-43(8)19-18-36(54-37(51)25-41(4,5)40(52)53)42(6,7)33(43)17-20-45(34,44)10/h13-15,26,31,35,37-40H,16-25,27-30H2,1-12H3,(H,57,58);12-14,23,28,31,33-36,50H,11,15-22,24-27H2,1-10H3,(H,52,53)/t35-,37+,38-,39+,40+,47+,48-,49-,50+;31-,33+,34-,35+,36+,43+,44-,45-,46+/m11/s1. The van der Waals surface area contributed by atoms with Gasteiger partial charge in [0.1, 0.15) is 18.3 Å². The zero-order valence-corrected chi connectivity index (χ0v) is 75.2. The fourth-order valence-corrected chi connectivity index (χ4v) is 28.1. The number of aliphatic carboxylic acids is 2. The number of rotatable bonds is 25. The summed E-state index contributed by atoms with van der Waals surface area (Å²) < 4.78 is 18.9. The van der Waals surface area contributed by atoms with Gasteiger partial charge in [0.05, 0.1) is 29.8 Å². The summed E-state index contributed by atoms with van der Waals surface area (Å²) in [6.07, 6.45) is 14.3. The van der Waals surface area contributed by atoms with Crippen LogP contribution in [0.25, 0.3) is 0 Å². The molecule has 634 valence electrons. The number of ether oxygens (including phenoxy) is 3. The molecular weight excluding hydrogens is 1470 g/mol. The van der Waals surface area contributed by atoms with Crippen molar-refractivity contribution >= 4 is 64.6 Å². The molecule has 18 heteroatoms. The topological polar surface area (TPSA) is 218 Å². The Morgan fingerprint density at radius 2 is 0.939 bits per heavy atom. The van der Waals surface area contributed by atoms with Gasteiger partial charge in [-0.25, -0.2) is 0 Å². The highest BCUT2D eigenvalue weighted by atomic mass is 35.5. The number of aliphatic hydroxyl groups excluding tert-OH is 1. The number of Topliss-reactive ketones (excluding diaryl/α,β-unsaturated/α-hetero) is 2. The highest BCUT2D eigenvalue weighted by molar-refractivity contribution is 6.31. The number of aliphatic hydroxyl groups is 1. The predicted molar refractivity (Wildman–Crippen MR) is 450 cm³/mol. The van der Waals surface area contributed by atoms with Crippen LogP contribution in [0.15, 0.2) is 70.8 Å². The van der Waals surface area contributed by atoms with Gasteiger partial charge in [0, 0.05) is 90.7 Å². The maximum Gasteiger partial charge on any atom is 0.309 e. The number of fused-ring (bicyclic) bond motifs is 14. The summed E-state index contributed by atoms with van der Waals surface area (Å²) in [6, 6.07) is 15.9. The number of ketones is 2. The predicted octanol–water partition coefficient (Wildman–Crippen LogP) is 19.9. The molecule has 0 heterocycles. The summed E-state index contributed by atoms with van der Waals surface area (Å²) in [6.45, 7) is 47.8. The summed E-state index contributed by atoms with van der Waals surface area (Å²) in [5.41, 5.74) is 2.87. The first-order valence-electron chi connectivity index (χ1n) is 43.7. The normalized spacial score (nSPS) is 35.4. The van der Waals surface area contributed by atoms with Crippen LogP contribution in [0.5, 0.6) is 0 Å². The molecule has 0 saturated heterocycles. The Kier molecular flexibility index (Phi) is 25.6. The lowest BCUT2D eigenvalue weighted by Gasteiger charge is -2.72. The first-order chi connectivity index (χ1) is 52.9. The minimum Gasteiger partial charge on any atom is -0.481 e. The van der Waals surface area contributed by atoms with Crippen LogP contribution >= 0.6 is 23.2 Å². The van der Waals surface area contributed by atoms with E-state index < -0.39 is 57.7 Å². The van der Waals surface area contributed by atoms with Crippen molar-refractivity contribution in [3.05, 3.63) is 92.0 Å². The third kappa shape index (κ3) is 15.8. The van der Waals surface area contributed by atoms with Crippen molar-refractivity contribution in [2.75, 3.05) is 46.8 Å². The average Bonchev–Trinajstić information content (AvgIpc) is 1.10. The Morgan fingerprint density at radius 3 is 1.33 bits per heavy atom. The largest absolute Gasteiger partial charge is 0.481 e. The van der Waals surface area contributed by atoms with Gasteiger partial charge >= 0.3 is 29.8 Å². The van der Waals surface area contributed by atoms with Crippen molar-refractivity contribution in [2.45, 2.75) is 304 Å². The van der Waals surface area contributed by atoms with Gasteiger partial charge in [-0.1, -0.05) is 157 Å². The maximum absolute atomic E-state index is 14.6. The molecule has 16 nitrogen and oxygen atoms in total. The molecule has 8 saturated carbocycles. The van der Waals surface area contributed by atoms with E-state index in [0.29, 0.717) is 72.7 Å². The van der Waals surface area contributed by atoms with Crippen LogP contribution in [0.1, 0.15) is 278 Å². The lowest BCUT2D eigenvalue weighted by atomic mass is 9.33. The lowest BCUT2D eigenvalue weighted by molar-refractivity contribution is -0.235. The van der Waals surface area contributed by atoms with Crippen molar-refractivity contribution < 1.29 is 63.1 Å². The molecule has 10 aliphatic rings. The van der Waals surface area contributed by atoms with Crippen molar-refractivity contribution in [3.63, 3.8) is 0 Å². The summed E-state index contributed by atoms with van der Waals surface area (Å²) >= 11 is 12.8. The van der Waals surface area contributed by atoms with Crippen molar-refractivity contribution in [2.24, 2.45) is 112 Å². The molecular formula is C96H143Cl2N3O13. The number of esters is 3. The van der Waals surface area contributed by atoms with Gasteiger partial charge in [0.2, 0.25) is 0 Å². The van der Waals surface area contributed by atoms with Crippen LogP contribution in [0.3, 0.4) is 0 Å². The number of carbonyl (C=O) groups excluding carboxylic acids is 5. The summed E-state index contributed by atoms with van der Waals surface area (Å²) in [5, 5.41) is 33.2. The highest BCUT2D eigenvalue weighted by Crippen LogP contribution is 2.80. The van der Waals surface area contributed by atoms with Gasteiger partial charge in [0.25, 0.3) is 0 Å². The second-order valence-electron chi connectivity index (χ2n) is 42.9. The molecule has 12 rings (SSSR count). The molecule has 18 atom stereocenters. The Balaban J connectivity index is 0.000000226. The summed E-state index contributed by atoms with van der Waals surface area (Å²) in [4.78, 5) is 98.7. The molecule has 8 fully saturated rings. The Morgan fingerprint density at radius 1 is 0.526 bits per heavy atom. The van der Waals surface area contributed by atoms with E-state index in [-0.39, 0.29) is 110 Å². The second kappa shape index (κ2) is 32.5. The van der Waals surface area contributed by atoms with E-state index >= 15 is 0 Å². The van der Waals surface area contributed by atoms with Crippen LogP contribution in [0.4, 0.5) is 0 Å². The SMILES string of the molecule is CC(=O)O[C@@H](CN(CCN(C)C)Cc1cccc(Cl)c1)[C@@]12CC[C@]3(C)[C@H](CC[C@@H]4[C@@]5(C)CC[C@H](OC(=O)CC(C)(C)C(=O)O)C(C)(C)[C@@H]5CC[C@]43C)C1=C(C(C)C)C(=O)C2.CCN(Cc1cccc(Cl)c1)C[C@H](O)[C@@]12CC[C@]3(C)[C@H](CC[C@@H]4[C@@]5(C)CC[C@H](OC(=O)CC(C)(C)C(=O)O)C(C)(C)[C@@H]5CC[C@]43C)C1=C(C(C)C)C(=O)C2. The number of hydrogen-bond acceptors (Lipinski definition) is 14. The number of allylic oxidation sites excluding steroid dienone is 2. The molecule has 3 N–H and O–H groups in total. The monoisotopic (exact) mass is 1620 g/mol. The zero-order chi connectivity index (χ0) is 84.2. The quantitative estimate of drug-likeness (QED) is 0.0622. The molecule has 10 aliphatic carbocycles. The molecule has 114 heavy (non-hydrogen) atoms. The van der Waals surface area contributed by atoms with E-state index in [9.17, 15) is 48.9 Å². The van der Waals surface area contributed by atoms with E-state index in [1.165, 1.54) is 18.1 Å². The number of nitrogens with zero attached hydrogens (tertiary/aromatic N) is 3. The van der Waals surface area contributed by atoms with Crippen LogP contribution in [-0.2, 0) is 60.9 Å². The van der Waals surface area contributed by atoms with Crippen LogP contribution in [0, 0.1) is 112 Å². The summed E-state index contributed by atoms with van der Waals surface area (Å²) in [7, 11) is 4.15. The molecule has 0 amide bonds. The molecule has 0 spiro atoms. The van der Waals surface area contributed by atoms with Gasteiger partial charge in [-0.3, -0.25) is 43.4 Å². The number of hydrogen-bond donors (Lipinski definition) is 3. The number of carboxylic acids is 2. The third-order valence-electron chi connectivity index (χ3n) is 34.0. The molecule has 0 unspecified atom stereocenters. The molecule has 0 bridgehead atoms. The van der Waals surface area contributed by atoms with E-state index in [4.69, 9.17) is 37.4 Å². The summed E-state index contributed by atoms with van der Waals surface area (Å²) in [5.74, 6) is -0.436. The smallest absolute Gasteiger partial charge is 0.309 e.